The van der Waals surface area contributed by atoms with E-state index in [0.29, 0.717) is 21.8 Å². The van der Waals surface area contributed by atoms with E-state index in [9.17, 15) is 0 Å². The predicted octanol–water partition coefficient (Wildman–Crippen LogP) is 9.43. The van der Waals surface area contributed by atoms with Crippen molar-refractivity contribution >= 4 is 51.1 Å². The molecule has 0 aliphatic rings. The minimum absolute atomic E-state index is 0.570. The molecule has 6 rings (SSSR count). The summed E-state index contributed by atoms with van der Waals surface area (Å²) in [5.41, 5.74) is 8.86. The molecule has 7 heteroatoms. The molecule has 4 aromatic carbocycles. The fourth-order valence-electron chi connectivity index (χ4n) is 4.65. The van der Waals surface area contributed by atoms with Gasteiger partial charge in [-0.2, -0.15) is 0 Å². The molecule has 0 radical (unpaired) electrons. The van der Waals surface area contributed by atoms with Crippen LogP contribution in [0.2, 0.25) is 10.0 Å². The lowest BCUT2D eigenvalue weighted by molar-refractivity contribution is 0.619. The summed E-state index contributed by atoms with van der Waals surface area (Å²) in [6, 6.07) is 23.9. The first-order valence-electron chi connectivity index (χ1n) is 12.6. The lowest BCUT2D eigenvalue weighted by Crippen LogP contribution is -2.22. The Morgan fingerprint density at radius 1 is 0.632 bits per heavy atom. The zero-order valence-corrected chi connectivity index (χ0v) is 22.8. The minimum Gasteiger partial charge on any atom is -0.436 e. The maximum atomic E-state index is 6.54. The van der Waals surface area contributed by atoms with Gasteiger partial charge in [0.1, 0.15) is 11.0 Å². The van der Waals surface area contributed by atoms with Gasteiger partial charge in [-0.1, -0.05) is 47.5 Å². The van der Waals surface area contributed by atoms with Crippen molar-refractivity contribution in [2.75, 3.05) is 18.0 Å². The van der Waals surface area contributed by atoms with Gasteiger partial charge in [-0.25, -0.2) is 9.97 Å². The van der Waals surface area contributed by atoms with Crippen LogP contribution in [0.15, 0.2) is 81.6 Å². The Balaban J connectivity index is 1.25. The number of nitrogens with zero attached hydrogens (tertiary/aromatic N) is 3. The van der Waals surface area contributed by atoms with Crippen LogP contribution in [0.1, 0.15) is 19.4 Å². The first kappa shape index (κ1) is 24.5. The Hall–Kier alpha value is -3.80. The maximum Gasteiger partial charge on any atom is 0.227 e. The summed E-state index contributed by atoms with van der Waals surface area (Å²) in [5, 5.41) is 1.36. The summed E-state index contributed by atoms with van der Waals surface area (Å²) < 4.78 is 12.1. The van der Waals surface area contributed by atoms with Gasteiger partial charge >= 0.3 is 0 Å². The Morgan fingerprint density at radius 2 is 1.08 bits per heavy atom. The SMILES string of the molecule is CCN(CC)c1cc2oc(-c3ccc(-c4ccc(-c5nc6cc(Cl)c(C)cc6o5)cc4)cc3)nc2cc1Cl. The van der Waals surface area contributed by atoms with Crippen molar-refractivity contribution in [1.82, 2.24) is 9.97 Å². The maximum absolute atomic E-state index is 6.54. The molecule has 0 amide bonds. The number of aromatic nitrogens is 2. The molecule has 0 saturated carbocycles. The average molecular weight is 542 g/mol. The Morgan fingerprint density at radius 3 is 1.58 bits per heavy atom. The number of anilines is 1. The van der Waals surface area contributed by atoms with Gasteiger partial charge in [0.2, 0.25) is 11.8 Å². The van der Waals surface area contributed by atoms with Crippen LogP contribution in [0.5, 0.6) is 0 Å². The van der Waals surface area contributed by atoms with Crippen LogP contribution in [0.4, 0.5) is 5.69 Å². The predicted molar refractivity (Wildman–Crippen MR) is 156 cm³/mol. The number of halogens is 2. The van der Waals surface area contributed by atoms with Crippen LogP contribution >= 0.6 is 23.2 Å². The zero-order valence-electron chi connectivity index (χ0n) is 21.3. The Bertz CT molecular complexity index is 1730. The van der Waals surface area contributed by atoms with E-state index in [-0.39, 0.29) is 0 Å². The van der Waals surface area contributed by atoms with Gasteiger partial charge in [0.25, 0.3) is 0 Å². The van der Waals surface area contributed by atoms with E-state index in [2.05, 4.69) is 53.0 Å². The van der Waals surface area contributed by atoms with Gasteiger partial charge in [0.05, 0.1) is 10.7 Å². The molecule has 190 valence electrons. The molecule has 5 nitrogen and oxygen atoms in total. The van der Waals surface area contributed by atoms with E-state index >= 15 is 0 Å². The van der Waals surface area contributed by atoms with Crippen molar-refractivity contribution in [2.45, 2.75) is 20.8 Å². The van der Waals surface area contributed by atoms with Gasteiger partial charge < -0.3 is 13.7 Å². The molecular weight excluding hydrogens is 517 g/mol. The third kappa shape index (κ3) is 4.42. The Labute approximate surface area is 230 Å². The number of rotatable bonds is 6. The van der Waals surface area contributed by atoms with E-state index in [0.717, 1.165) is 68.8 Å². The highest BCUT2D eigenvalue weighted by atomic mass is 35.5. The third-order valence-electron chi connectivity index (χ3n) is 6.83. The van der Waals surface area contributed by atoms with E-state index in [4.69, 9.17) is 32.0 Å². The molecule has 0 aliphatic carbocycles. The third-order valence-corrected chi connectivity index (χ3v) is 7.54. The Kier molecular flexibility index (Phi) is 6.34. The fourth-order valence-corrected chi connectivity index (χ4v) is 5.09. The van der Waals surface area contributed by atoms with E-state index < -0.39 is 0 Å². The number of oxazole rings is 2. The van der Waals surface area contributed by atoms with Crippen LogP contribution < -0.4 is 4.90 Å². The highest BCUT2D eigenvalue weighted by molar-refractivity contribution is 6.34. The lowest BCUT2D eigenvalue weighted by Gasteiger charge is -2.21. The first-order valence-corrected chi connectivity index (χ1v) is 13.3. The second kappa shape index (κ2) is 9.82. The summed E-state index contributed by atoms with van der Waals surface area (Å²) in [6.45, 7) is 7.91. The van der Waals surface area contributed by atoms with Gasteiger partial charge in [0, 0.05) is 35.3 Å². The van der Waals surface area contributed by atoms with E-state index in [1.165, 1.54) is 0 Å². The van der Waals surface area contributed by atoms with Crippen LogP contribution in [0, 0.1) is 6.92 Å². The molecule has 0 unspecified atom stereocenters. The second-order valence-electron chi connectivity index (χ2n) is 9.21. The summed E-state index contributed by atoms with van der Waals surface area (Å²) in [4.78, 5) is 11.5. The van der Waals surface area contributed by atoms with Crippen LogP contribution in [0.25, 0.3) is 56.2 Å². The monoisotopic (exact) mass is 541 g/mol. The minimum atomic E-state index is 0.570. The molecule has 6 aromatic rings. The van der Waals surface area contributed by atoms with Gasteiger partial charge in [-0.3, -0.25) is 0 Å². The molecule has 2 aromatic heterocycles. The molecule has 0 atom stereocenters. The second-order valence-corrected chi connectivity index (χ2v) is 10.0. The molecule has 38 heavy (non-hydrogen) atoms. The zero-order chi connectivity index (χ0) is 26.4. The van der Waals surface area contributed by atoms with Gasteiger partial charge in [-0.15, -0.1) is 0 Å². The van der Waals surface area contributed by atoms with Crippen molar-refractivity contribution in [3.05, 3.63) is 88.4 Å². The first-order chi connectivity index (χ1) is 18.4. The lowest BCUT2D eigenvalue weighted by atomic mass is 10.0. The summed E-state index contributed by atoms with van der Waals surface area (Å²) >= 11 is 12.8. The molecule has 0 N–H and O–H groups in total. The van der Waals surface area contributed by atoms with Crippen molar-refractivity contribution in [3.8, 4) is 34.0 Å². The van der Waals surface area contributed by atoms with Gasteiger partial charge in [0.15, 0.2) is 11.2 Å². The quantitative estimate of drug-likeness (QED) is 0.210. The van der Waals surface area contributed by atoms with Crippen LogP contribution in [-0.2, 0) is 0 Å². The van der Waals surface area contributed by atoms with Crippen molar-refractivity contribution in [2.24, 2.45) is 0 Å². The standard InChI is InChI=1S/C31H25Cl2N3O2/c1-4-36(5-2)27-17-29-26(16-24(27)33)35-31(38-29)22-12-8-20(9-13-22)19-6-10-21(11-7-19)30-34-25-15-23(32)18(3)14-28(25)37-30/h6-17H,4-5H2,1-3H3. The smallest absolute Gasteiger partial charge is 0.227 e. The van der Waals surface area contributed by atoms with Gasteiger partial charge in [-0.05, 0) is 79.9 Å². The topological polar surface area (TPSA) is 55.3 Å². The highest BCUT2D eigenvalue weighted by Crippen LogP contribution is 2.34. The van der Waals surface area contributed by atoms with Crippen molar-refractivity contribution in [3.63, 3.8) is 0 Å². The highest BCUT2D eigenvalue weighted by Gasteiger charge is 2.15. The van der Waals surface area contributed by atoms with E-state index in [1.807, 2.05) is 55.5 Å². The number of benzene rings is 4. The van der Waals surface area contributed by atoms with Crippen molar-refractivity contribution < 1.29 is 8.83 Å². The molecule has 0 saturated heterocycles. The number of aryl methyl sites for hydroxylation is 1. The molecule has 0 fully saturated rings. The fraction of sp³-hybridized carbons (Fsp3) is 0.161. The molecule has 0 spiro atoms. The summed E-state index contributed by atoms with van der Waals surface area (Å²) in [6.07, 6.45) is 0. The van der Waals surface area contributed by atoms with E-state index in [1.54, 1.807) is 0 Å². The molecular formula is C31H25Cl2N3O2. The summed E-state index contributed by atoms with van der Waals surface area (Å²) in [7, 11) is 0. The number of fused-ring (bicyclic) bond motifs is 2. The molecule has 0 aliphatic heterocycles. The number of hydrogen-bond donors (Lipinski definition) is 0. The average Bonchev–Trinajstić information content (AvgIpc) is 3.53. The normalized spacial score (nSPS) is 11.5. The van der Waals surface area contributed by atoms with Crippen molar-refractivity contribution in [1.29, 1.82) is 0 Å². The summed E-state index contributed by atoms with van der Waals surface area (Å²) in [5.74, 6) is 1.14. The largest absolute Gasteiger partial charge is 0.436 e. The molecule has 2 heterocycles. The van der Waals surface area contributed by atoms with Crippen LogP contribution in [0.3, 0.4) is 0 Å². The van der Waals surface area contributed by atoms with Crippen LogP contribution in [-0.4, -0.2) is 23.1 Å². The molecule has 0 bridgehead atoms. The number of hydrogen-bond acceptors (Lipinski definition) is 5.